The first-order chi connectivity index (χ1) is 21.3. The number of carbonyl (C=O) groups is 1. The van der Waals surface area contributed by atoms with Crippen LogP contribution in [0.25, 0.3) is 11.3 Å². The van der Waals surface area contributed by atoms with Gasteiger partial charge in [-0.2, -0.15) is 18.8 Å². The number of rotatable bonds is 10. The molecule has 2 saturated carbocycles. The lowest BCUT2D eigenvalue weighted by Crippen LogP contribution is -2.47. The van der Waals surface area contributed by atoms with Crippen molar-refractivity contribution in [3.8, 4) is 17.3 Å². The second kappa shape index (κ2) is 11.2. The molecule has 2 heterocycles. The van der Waals surface area contributed by atoms with Gasteiger partial charge in [-0.25, -0.2) is 23.4 Å². The maximum Gasteiger partial charge on any atom is 0.269 e. The van der Waals surface area contributed by atoms with Crippen LogP contribution in [-0.2, 0) is 31.2 Å². The van der Waals surface area contributed by atoms with Crippen LogP contribution in [0.3, 0.4) is 0 Å². The molecule has 4 aromatic rings. The number of hydrogen-bond donors (Lipinski definition) is 0. The third-order valence-corrected chi connectivity index (χ3v) is 12.4. The monoisotopic (exact) mass is 651 g/mol. The first kappa shape index (κ1) is 31.1. The molecule has 13 heteroatoms. The van der Waals surface area contributed by atoms with Crippen molar-refractivity contribution in [3.63, 3.8) is 0 Å². The van der Waals surface area contributed by atoms with Gasteiger partial charge in [-0.1, -0.05) is 39.0 Å². The number of fused-ring (bicyclic) bond motifs is 2. The Morgan fingerprint density at radius 1 is 1.22 bits per heavy atom. The van der Waals surface area contributed by atoms with E-state index in [1.807, 2.05) is 13.8 Å². The molecular weight excluding hydrogens is 621 g/mol. The Kier molecular flexibility index (Phi) is 7.74. The van der Waals surface area contributed by atoms with Crippen LogP contribution in [0.1, 0.15) is 62.1 Å². The number of ketones is 1. The maximum absolute atomic E-state index is 15.8. The van der Waals surface area contributed by atoms with Gasteiger partial charge in [-0.15, -0.1) is 11.3 Å². The van der Waals surface area contributed by atoms with E-state index in [1.54, 1.807) is 36.6 Å². The van der Waals surface area contributed by atoms with Crippen LogP contribution < -0.4 is 0 Å². The van der Waals surface area contributed by atoms with E-state index in [0.717, 1.165) is 18.1 Å². The number of aromatic nitrogens is 4. The zero-order valence-corrected chi connectivity index (χ0v) is 26.5. The molecule has 4 atom stereocenters. The van der Waals surface area contributed by atoms with Gasteiger partial charge in [0.05, 0.1) is 40.0 Å². The molecule has 0 radical (unpaired) electrons. The SMILES string of the molecule is C[C@@H](c1nc(-c2ccc(C#N)cc2)cs1)[C@@](Cn1cncn1)(OS(=O)(=O)CC12CCC(CC1=O)C2(C)C)c1ccc(F)cc1F. The lowest BCUT2D eigenvalue weighted by Gasteiger charge is -2.40. The minimum absolute atomic E-state index is 0.0736. The summed E-state index contributed by atoms with van der Waals surface area (Å²) in [5, 5.41) is 15.5. The normalized spacial score (nSPS) is 22.7. The Bertz CT molecular complexity index is 1900. The fourth-order valence-corrected chi connectivity index (χ4v) is 10.2. The highest BCUT2D eigenvalue weighted by Gasteiger charge is 2.66. The van der Waals surface area contributed by atoms with Gasteiger partial charge < -0.3 is 0 Å². The van der Waals surface area contributed by atoms with E-state index in [1.165, 1.54) is 34.7 Å². The molecule has 2 bridgehead atoms. The summed E-state index contributed by atoms with van der Waals surface area (Å²) in [5.74, 6) is -3.36. The number of nitriles is 1. The van der Waals surface area contributed by atoms with Gasteiger partial charge in [0, 0.05) is 34.9 Å². The molecule has 0 aliphatic heterocycles. The van der Waals surface area contributed by atoms with E-state index in [-0.39, 0.29) is 23.8 Å². The molecule has 0 saturated heterocycles. The highest BCUT2D eigenvalue weighted by atomic mass is 32.2. The van der Waals surface area contributed by atoms with Crippen molar-refractivity contribution in [1.82, 2.24) is 19.7 Å². The molecule has 2 aliphatic carbocycles. The molecule has 2 aromatic heterocycles. The zero-order valence-electron chi connectivity index (χ0n) is 24.9. The largest absolute Gasteiger partial charge is 0.299 e. The van der Waals surface area contributed by atoms with E-state index in [2.05, 4.69) is 16.2 Å². The molecule has 2 aliphatic rings. The van der Waals surface area contributed by atoms with Crippen molar-refractivity contribution in [2.24, 2.45) is 16.7 Å². The zero-order chi connectivity index (χ0) is 32.2. The van der Waals surface area contributed by atoms with Crippen molar-refractivity contribution < 1.29 is 26.2 Å². The number of carbonyl (C=O) groups excluding carboxylic acids is 1. The van der Waals surface area contributed by atoms with Crippen LogP contribution in [-0.4, -0.2) is 39.7 Å². The van der Waals surface area contributed by atoms with Gasteiger partial charge in [-0.3, -0.25) is 8.98 Å². The topological polar surface area (TPSA) is 128 Å². The van der Waals surface area contributed by atoms with Gasteiger partial charge in [0.1, 0.15) is 35.7 Å². The summed E-state index contributed by atoms with van der Waals surface area (Å²) >= 11 is 1.23. The van der Waals surface area contributed by atoms with E-state index in [4.69, 9.17) is 14.4 Å². The van der Waals surface area contributed by atoms with Crippen LogP contribution in [0.5, 0.6) is 0 Å². The van der Waals surface area contributed by atoms with Crippen molar-refractivity contribution in [2.75, 3.05) is 5.75 Å². The number of benzene rings is 2. The first-order valence-corrected chi connectivity index (χ1v) is 17.0. The van der Waals surface area contributed by atoms with E-state index >= 15 is 4.39 Å². The Morgan fingerprint density at radius 2 is 1.98 bits per heavy atom. The van der Waals surface area contributed by atoms with Gasteiger partial charge in [0.25, 0.3) is 10.1 Å². The Labute approximate surface area is 264 Å². The predicted molar refractivity (Wildman–Crippen MR) is 162 cm³/mol. The summed E-state index contributed by atoms with van der Waals surface area (Å²) in [6.07, 6.45) is 4.08. The summed E-state index contributed by atoms with van der Waals surface area (Å²) in [7, 11) is -4.55. The van der Waals surface area contributed by atoms with E-state index < -0.39 is 49.9 Å². The van der Waals surface area contributed by atoms with Gasteiger partial charge in [0.2, 0.25) is 0 Å². The molecule has 0 amide bonds. The minimum atomic E-state index is -4.55. The van der Waals surface area contributed by atoms with Crippen molar-refractivity contribution >= 4 is 27.2 Å². The van der Waals surface area contributed by atoms with Crippen LogP contribution >= 0.6 is 11.3 Å². The molecule has 0 spiro atoms. The number of thiazole rings is 1. The first-order valence-electron chi connectivity index (χ1n) is 14.5. The van der Waals surface area contributed by atoms with Crippen LogP contribution in [0.2, 0.25) is 0 Å². The standard InChI is InChI=1S/C32H31F2N5O4S2/c1-20(29-38-27(15-44-29)22-6-4-21(14-35)5-7-22)32(16-39-19-36-18-37-39,25-9-8-24(33)13-26(25)34)43-45(41,42)17-31-11-10-23(12-28(31)40)30(31,2)3/h4-9,13,15,18-20,23H,10-12,16-17H2,1-3H3/t20-,23?,31?,32+/m0/s1. The van der Waals surface area contributed by atoms with Crippen molar-refractivity contribution in [1.29, 1.82) is 5.26 Å². The molecule has 234 valence electrons. The molecule has 9 nitrogen and oxygen atoms in total. The average molecular weight is 652 g/mol. The summed E-state index contributed by atoms with van der Waals surface area (Å²) in [6.45, 7) is 5.21. The Hall–Kier alpha value is -3.86. The minimum Gasteiger partial charge on any atom is -0.299 e. The fraction of sp³-hybridized carbons (Fsp3) is 0.406. The molecule has 6 rings (SSSR count). The van der Waals surface area contributed by atoms with Gasteiger partial charge >= 0.3 is 0 Å². The highest BCUT2D eigenvalue weighted by molar-refractivity contribution is 7.86. The van der Waals surface area contributed by atoms with Gasteiger partial charge in [-0.05, 0) is 42.4 Å². The number of hydrogen-bond acceptors (Lipinski definition) is 9. The third kappa shape index (κ3) is 5.28. The van der Waals surface area contributed by atoms with Crippen LogP contribution in [0.4, 0.5) is 8.78 Å². The van der Waals surface area contributed by atoms with Crippen molar-refractivity contribution in [3.05, 3.63) is 88.3 Å². The molecule has 2 aromatic carbocycles. The lowest BCUT2D eigenvalue weighted by molar-refractivity contribution is -0.128. The quantitative estimate of drug-likeness (QED) is 0.191. The lowest BCUT2D eigenvalue weighted by atomic mass is 9.70. The Morgan fingerprint density at radius 3 is 2.58 bits per heavy atom. The predicted octanol–water partition coefficient (Wildman–Crippen LogP) is 5.99. The number of halogens is 2. The third-order valence-electron chi connectivity index (χ3n) is 9.99. The van der Waals surface area contributed by atoms with Gasteiger partial charge in [0.15, 0.2) is 0 Å². The summed E-state index contributed by atoms with van der Waals surface area (Å²) in [4.78, 5) is 22.0. The summed E-state index contributed by atoms with van der Waals surface area (Å²) in [6, 6.07) is 11.8. The molecule has 0 N–H and O–H groups in total. The van der Waals surface area contributed by atoms with Crippen LogP contribution in [0, 0.1) is 39.7 Å². The molecule has 45 heavy (non-hydrogen) atoms. The number of nitrogens with zero attached hydrogens (tertiary/aromatic N) is 5. The average Bonchev–Trinajstić information content (AvgIpc) is 3.76. The second-order valence-corrected chi connectivity index (χ2v) is 15.0. The van der Waals surface area contributed by atoms with Crippen LogP contribution in [0.15, 0.2) is 60.5 Å². The second-order valence-electron chi connectivity index (χ2n) is 12.5. The maximum atomic E-state index is 15.8. The van der Waals surface area contributed by atoms with E-state index in [9.17, 15) is 17.6 Å². The Balaban J connectivity index is 1.48. The highest BCUT2D eigenvalue weighted by Crippen LogP contribution is 2.64. The molecule has 2 fully saturated rings. The molecular formula is C32H31F2N5O4S2. The summed E-state index contributed by atoms with van der Waals surface area (Å²) < 4.78 is 66.1. The number of Topliss-reactive ketones (excluding diaryl/α,β-unsaturated/α-hetero) is 1. The molecule has 2 unspecified atom stereocenters. The fourth-order valence-electron chi connectivity index (χ4n) is 7.19. The summed E-state index contributed by atoms with van der Waals surface area (Å²) in [5.41, 5.74) is -2.13. The smallest absolute Gasteiger partial charge is 0.269 e. The van der Waals surface area contributed by atoms with Crippen molar-refractivity contribution in [2.45, 2.75) is 58.1 Å². The van der Waals surface area contributed by atoms with E-state index in [0.29, 0.717) is 35.2 Å².